The van der Waals surface area contributed by atoms with Crippen LogP contribution < -0.4 is 0 Å². The fraction of sp³-hybridized carbons (Fsp3) is 0.762. The monoisotopic (exact) mass is 963 g/mol. The van der Waals surface area contributed by atoms with Gasteiger partial charge in [-0.05, 0) is 109 Å². The van der Waals surface area contributed by atoms with Gasteiger partial charge in [-0.3, -0.25) is 14.4 Å². The summed E-state index contributed by atoms with van der Waals surface area (Å²) in [7, 11) is 0. The minimum Gasteiger partial charge on any atom is -0.462 e. The topological polar surface area (TPSA) is 78.9 Å². The minimum absolute atomic E-state index is 0.0869. The van der Waals surface area contributed by atoms with Crippen LogP contribution in [0.15, 0.2) is 72.9 Å². The molecule has 6 heteroatoms. The Balaban J connectivity index is 4.41. The molecule has 0 unspecified atom stereocenters. The number of hydrogen-bond donors (Lipinski definition) is 0. The average Bonchev–Trinajstić information content (AvgIpc) is 3.35. The summed E-state index contributed by atoms with van der Waals surface area (Å²) in [6.07, 6.45) is 73.2. The van der Waals surface area contributed by atoms with E-state index in [1.54, 1.807) is 0 Å². The molecule has 0 aliphatic carbocycles. The van der Waals surface area contributed by atoms with Crippen molar-refractivity contribution in [1.29, 1.82) is 0 Å². The van der Waals surface area contributed by atoms with Crippen molar-refractivity contribution in [3.63, 3.8) is 0 Å². The van der Waals surface area contributed by atoms with Gasteiger partial charge in [0, 0.05) is 19.3 Å². The van der Waals surface area contributed by atoms with Crippen LogP contribution in [0.1, 0.15) is 290 Å². The molecule has 0 N–H and O–H groups in total. The number of allylic oxidation sites excluding steroid dienone is 12. The quantitative estimate of drug-likeness (QED) is 0.0262. The van der Waals surface area contributed by atoms with E-state index >= 15 is 0 Å². The molecule has 0 aromatic heterocycles. The number of ether oxygens (including phenoxy) is 3. The summed E-state index contributed by atoms with van der Waals surface area (Å²) >= 11 is 0. The molecule has 0 heterocycles. The lowest BCUT2D eigenvalue weighted by atomic mass is 10.1. The lowest BCUT2D eigenvalue weighted by Gasteiger charge is -2.18. The maximum Gasteiger partial charge on any atom is 0.306 e. The van der Waals surface area contributed by atoms with Gasteiger partial charge in [0.15, 0.2) is 6.10 Å². The summed E-state index contributed by atoms with van der Waals surface area (Å²) < 4.78 is 16.9. The van der Waals surface area contributed by atoms with Gasteiger partial charge in [0.05, 0.1) is 0 Å². The Hall–Kier alpha value is -3.15. The summed E-state index contributed by atoms with van der Waals surface area (Å²) in [5.41, 5.74) is 0. The van der Waals surface area contributed by atoms with Gasteiger partial charge in [-0.1, -0.05) is 235 Å². The molecule has 69 heavy (non-hydrogen) atoms. The summed E-state index contributed by atoms with van der Waals surface area (Å²) in [5.74, 6) is -0.908. The van der Waals surface area contributed by atoms with Crippen LogP contribution in [0, 0.1) is 0 Å². The summed E-state index contributed by atoms with van der Waals surface area (Å²) in [6, 6.07) is 0. The van der Waals surface area contributed by atoms with E-state index in [1.165, 1.54) is 154 Å². The molecule has 0 spiro atoms. The maximum absolute atomic E-state index is 12.9. The van der Waals surface area contributed by atoms with E-state index in [0.717, 1.165) is 96.3 Å². The molecule has 0 aliphatic heterocycles. The number of rotatable bonds is 53. The van der Waals surface area contributed by atoms with Gasteiger partial charge in [0.2, 0.25) is 0 Å². The van der Waals surface area contributed by atoms with Crippen molar-refractivity contribution in [2.24, 2.45) is 0 Å². The zero-order valence-electron chi connectivity index (χ0n) is 45.6. The van der Waals surface area contributed by atoms with E-state index in [4.69, 9.17) is 14.2 Å². The SMILES string of the molecule is CC/C=C\C/C=C\C/C=C\C/C=C\CCCCCCC(=O)O[C@@H](COC(=O)CCCCCCCCC/C=C\CCCCCC)COC(=O)CCCCCCCCCCC/C=C\CCCCCCCC. The normalized spacial score (nSPS) is 12.6. The van der Waals surface area contributed by atoms with Crippen molar-refractivity contribution in [3.05, 3.63) is 72.9 Å². The zero-order valence-corrected chi connectivity index (χ0v) is 45.6. The maximum atomic E-state index is 12.9. The molecule has 398 valence electrons. The van der Waals surface area contributed by atoms with Gasteiger partial charge >= 0.3 is 17.9 Å². The van der Waals surface area contributed by atoms with Gasteiger partial charge < -0.3 is 14.2 Å². The fourth-order valence-electron chi connectivity index (χ4n) is 8.25. The predicted octanol–water partition coefficient (Wildman–Crippen LogP) is 19.8. The molecule has 0 fully saturated rings. The standard InChI is InChI=1S/C63H110O6/c1-4-7-10-13-16-19-22-25-28-30-31-33-35-38-41-44-47-50-53-56-62(65)68-59-60(58-67-61(64)55-52-49-46-43-40-37-34-27-24-21-18-15-12-9-6-3)69-63(66)57-54-51-48-45-42-39-36-32-29-26-23-20-17-14-11-8-5-2/h8,11,17,20-21,24-26,28-29,36,39,60H,4-7,9-10,12-16,18-19,22-23,27,30-35,37-38,40-59H2,1-3H3/b11-8-,20-17-,24-21-,28-25-,29-26-,39-36-/t60-/m0/s1. The summed E-state index contributed by atoms with van der Waals surface area (Å²) in [4.78, 5) is 38.2. The highest BCUT2D eigenvalue weighted by molar-refractivity contribution is 5.71. The number of hydrogen-bond acceptors (Lipinski definition) is 6. The number of unbranched alkanes of at least 4 members (excludes halogenated alkanes) is 30. The Kier molecular flexibility index (Phi) is 54.8. The van der Waals surface area contributed by atoms with Crippen molar-refractivity contribution in [3.8, 4) is 0 Å². The molecule has 0 aromatic carbocycles. The predicted molar refractivity (Wildman–Crippen MR) is 298 cm³/mol. The third kappa shape index (κ3) is 55.6. The third-order valence-electron chi connectivity index (χ3n) is 12.7. The highest BCUT2D eigenvalue weighted by atomic mass is 16.6. The first kappa shape index (κ1) is 65.8. The van der Waals surface area contributed by atoms with Gasteiger partial charge in [-0.2, -0.15) is 0 Å². The van der Waals surface area contributed by atoms with Crippen molar-refractivity contribution < 1.29 is 28.6 Å². The first-order valence-corrected chi connectivity index (χ1v) is 29.4. The fourth-order valence-corrected chi connectivity index (χ4v) is 8.25. The molecule has 6 nitrogen and oxygen atoms in total. The second kappa shape index (κ2) is 57.4. The Morgan fingerprint density at radius 2 is 0.565 bits per heavy atom. The van der Waals surface area contributed by atoms with Gasteiger partial charge in [0.25, 0.3) is 0 Å². The van der Waals surface area contributed by atoms with Crippen LogP contribution >= 0.6 is 0 Å². The van der Waals surface area contributed by atoms with Crippen molar-refractivity contribution >= 4 is 17.9 Å². The van der Waals surface area contributed by atoms with E-state index in [2.05, 4.69) is 93.7 Å². The smallest absolute Gasteiger partial charge is 0.306 e. The molecule has 0 bridgehead atoms. The first-order chi connectivity index (χ1) is 34.0. The highest BCUT2D eigenvalue weighted by Crippen LogP contribution is 2.15. The molecule has 0 radical (unpaired) electrons. The molecule has 1 atom stereocenters. The number of carbonyl (C=O) groups excluding carboxylic acids is 3. The molecule has 0 amide bonds. The van der Waals surface area contributed by atoms with Gasteiger partial charge in [-0.25, -0.2) is 0 Å². The first-order valence-electron chi connectivity index (χ1n) is 29.4. The summed E-state index contributed by atoms with van der Waals surface area (Å²) in [6.45, 7) is 6.51. The van der Waals surface area contributed by atoms with Crippen LogP contribution in [-0.2, 0) is 28.6 Å². The van der Waals surface area contributed by atoms with Gasteiger partial charge in [0.1, 0.15) is 13.2 Å². The van der Waals surface area contributed by atoms with Crippen LogP contribution in [0.4, 0.5) is 0 Å². The Morgan fingerprint density at radius 3 is 0.913 bits per heavy atom. The summed E-state index contributed by atoms with van der Waals surface area (Å²) in [5, 5.41) is 0. The molecule has 0 aliphatic rings. The molecule has 0 rings (SSSR count). The molecular weight excluding hydrogens is 853 g/mol. The Labute approximate surface area is 427 Å². The van der Waals surface area contributed by atoms with E-state index in [-0.39, 0.29) is 31.1 Å². The van der Waals surface area contributed by atoms with Crippen molar-refractivity contribution in [2.45, 2.75) is 297 Å². The lowest BCUT2D eigenvalue weighted by Crippen LogP contribution is -2.30. The van der Waals surface area contributed by atoms with Crippen LogP contribution in [0.25, 0.3) is 0 Å². The van der Waals surface area contributed by atoms with E-state index < -0.39 is 6.10 Å². The van der Waals surface area contributed by atoms with Crippen molar-refractivity contribution in [1.82, 2.24) is 0 Å². The van der Waals surface area contributed by atoms with Crippen LogP contribution in [0.5, 0.6) is 0 Å². The molecule has 0 aromatic rings. The lowest BCUT2D eigenvalue weighted by molar-refractivity contribution is -0.167. The number of esters is 3. The second-order valence-electron chi connectivity index (χ2n) is 19.5. The minimum atomic E-state index is -0.791. The van der Waals surface area contributed by atoms with E-state index in [0.29, 0.717) is 19.3 Å². The van der Waals surface area contributed by atoms with Crippen LogP contribution in [0.2, 0.25) is 0 Å². The van der Waals surface area contributed by atoms with E-state index in [9.17, 15) is 14.4 Å². The Bertz CT molecular complexity index is 1290. The number of carbonyl (C=O) groups is 3. The van der Waals surface area contributed by atoms with E-state index in [1.807, 2.05) is 0 Å². The largest absolute Gasteiger partial charge is 0.462 e. The molecular formula is C63H110O6. The second-order valence-corrected chi connectivity index (χ2v) is 19.5. The van der Waals surface area contributed by atoms with Crippen molar-refractivity contribution in [2.75, 3.05) is 13.2 Å². The van der Waals surface area contributed by atoms with Crippen LogP contribution in [-0.4, -0.2) is 37.2 Å². The van der Waals surface area contributed by atoms with Crippen LogP contribution in [0.3, 0.4) is 0 Å². The third-order valence-corrected chi connectivity index (χ3v) is 12.7. The average molecular weight is 964 g/mol. The molecule has 0 saturated carbocycles. The van der Waals surface area contributed by atoms with Gasteiger partial charge in [-0.15, -0.1) is 0 Å². The Morgan fingerprint density at radius 1 is 0.304 bits per heavy atom. The molecule has 0 saturated heterocycles. The highest BCUT2D eigenvalue weighted by Gasteiger charge is 2.19. The zero-order chi connectivity index (χ0) is 50.0.